The SMILES string of the molecule is COc1ccc(Nc2nnc(Cc3ccncc3)c3occc23)cc1. The number of benzene rings is 1. The van der Waals surface area contributed by atoms with E-state index in [1.165, 1.54) is 0 Å². The number of nitrogens with one attached hydrogen (secondary N) is 1. The molecule has 0 bridgehead atoms. The molecule has 0 aliphatic rings. The van der Waals surface area contributed by atoms with Gasteiger partial charge >= 0.3 is 0 Å². The molecule has 0 spiro atoms. The van der Waals surface area contributed by atoms with Crippen molar-refractivity contribution in [2.45, 2.75) is 6.42 Å². The van der Waals surface area contributed by atoms with Crippen LogP contribution in [0.4, 0.5) is 11.5 Å². The van der Waals surface area contributed by atoms with Gasteiger partial charge in [-0.3, -0.25) is 4.98 Å². The lowest BCUT2D eigenvalue weighted by atomic mass is 10.1. The summed E-state index contributed by atoms with van der Waals surface area (Å²) in [4.78, 5) is 4.03. The monoisotopic (exact) mass is 332 g/mol. The lowest BCUT2D eigenvalue weighted by Crippen LogP contribution is -2.01. The lowest BCUT2D eigenvalue weighted by molar-refractivity contribution is 0.415. The smallest absolute Gasteiger partial charge is 0.164 e. The molecule has 4 rings (SSSR count). The van der Waals surface area contributed by atoms with Crippen molar-refractivity contribution in [2.24, 2.45) is 0 Å². The third-order valence-electron chi connectivity index (χ3n) is 3.93. The molecule has 0 unspecified atom stereocenters. The fourth-order valence-corrected chi connectivity index (χ4v) is 2.64. The van der Waals surface area contributed by atoms with Gasteiger partial charge in [-0.15, -0.1) is 10.2 Å². The van der Waals surface area contributed by atoms with Gasteiger partial charge in [0.2, 0.25) is 0 Å². The Morgan fingerprint density at radius 2 is 1.80 bits per heavy atom. The quantitative estimate of drug-likeness (QED) is 0.596. The maximum atomic E-state index is 5.66. The van der Waals surface area contributed by atoms with Crippen LogP contribution in [0.2, 0.25) is 0 Å². The molecule has 0 aliphatic carbocycles. The van der Waals surface area contributed by atoms with Crippen LogP contribution in [0.15, 0.2) is 65.5 Å². The predicted molar refractivity (Wildman–Crippen MR) is 95.1 cm³/mol. The molecule has 0 fully saturated rings. The summed E-state index contributed by atoms with van der Waals surface area (Å²) in [5, 5.41) is 12.9. The molecule has 0 aliphatic heterocycles. The maximum absolute atomic E-state index is 5.66. The zero-order valence-electron chi connectivity index (χ0n) is 13.6. The largest absolute Gasteiger partial charge is 0.497 e. The van der Waals surface area contributed by atoms with Crippen LogP contribution in [0.3, 0.4) is 0 Å². The Balaban J connectivity index is 1.65. The zero-order valence-corrected chi connectivity index (χ0v) is 13.6. The van der Waals surface area contributed by atoms with E-state index in [0.717, 1.165) is 33.7 Å². The Labute approximate surface area is 144 Å². The van der Waals surface area contributed by atoms with Gasteiger partial charge in [-0.1, -0.05) is 0 Å². The van der Waals surface area contributed by atoms with Crippen molar-refractivity contribution in [1.82, 2.24) is 15.2 Å². The fourth-order valence-electron chi connectivity index (χ4n) is 2.64. The molecule has 1 N–H and O–H groups in total. The van der Waals surface area contributed by atoms with E-state index in [1.54, 1.807) is 25.8 Å². The van der Waals surface area contributed by atoms with Crippen LogP contribution in [0.5, 0.6) is 5.75 Å². The van der Waals surface area contributed by atoms with Crippen LogP contribution >= 0.6 is 0 Å². The van der Waals surface area contributed by atoms with Crippen LogP contribution < -0.4 is 10.1 Å². The fraction of sp³-hybridized carbons (Fsp3) is 0.105. The molecule has 6 nitrogen and oxygen atoms in total. The molecule has 3 heterocycles. The first-order valence-corrected chi connectivity index (χ1v) is 7.86. The Bertz CT molecular complexity index is 981. The number of methoxy groups -OCH3 is 1. The normalized spacial score (nSPS) is 10.8. The minimum atomic E-state index is 0.641. The molecule has 0 amide bonds. The number of hydrogen-bond donors (Lipinski definition) is 1. The van der Waals surface area contributed by atoms with E-state index in [-0.39, 0.29) is 0 Å². The number of furan rings is 1. The van der Waals surface area contributed by atoms with Gasteiger partial charge in [-0.25, -0.2) is 0 Å². The molecule has 25 heavy (non-hydrogen) atoms. The van der Waals surface area contributed by atoms with E-state index in [4.69, 9.17) is 9.15 Å². The van der Waals surface area contributed by atoms with Crippen LogP contribution in [-0.2, 0) is 6.42 Å². The summed E-state index contributed by atoms with van der Waals surface area (Å²) in [6.45, 7) is 0. The first kappa shape index (κ1) is 15.1. The number of anilines is 2. The molecule has 3 aromatic heterocycles. The summed E-state index contributed by atoms with van der Waals surface area (Å²) in [5.41, 5.74) is 3.55. The number of nitrogens with zero attached hydrogens (tertiary/aromatic N) is 3. The molecule has 0 saturated carbocycles. The Hall–Kier alpha value is -3.41. The number of rotatable bonds is 5. The highest BCUT2D eigenvalue weighted by Crippen LogP contribution is 2.28. The summed E-state index contributed by atoms with van der Waals surface area (Å²) < 4.78 is 10.8. The van der Waals surface area contributed by atoms with Gasteiger partial charge in [0.05, 0.1) is 18.8 Å². The molecule has 0 radical (unpaired) electrons. The van der Waals surface area contributed by atoms with Gasteiger partial charge in [0.15, 0.2) is 11.4 Å². The first-order valence-electron chi connectivity index (χ1n) is 7.86. The minimum Gasteiger partial charge on any atom is -0.497 e. The van der Waals surface area contributed by atoms with Gasteiger partial charge in [-0.05, 0) is 48.0 Å². The standard InChI is InChI=1S/C19H16N4O2/c1-24-15-4-2-14(3-5-15)21-19-16-8-11-25-18(16)17(22-23-19)12-13-6-9-20-10-7-13/h2-11H,12H2,1H3,(H,21,23). The van der Waals surface area contributed by atoms with Gasteiger partial charge in [0.25, 0.3) is 0 Å². The van der Waals surface area contributed by atoms with Gasteiger partial charge < -0.3 is 14.5 Å². The Morgan fingerprint density at radius 1 is 1.00 bits per heavy atom. The summed E-state index contributed by atoms with van der Waals surface area (Å²) in [7, 11) is 1.64. The zero-order chi connectivity index (χ0) is 17.1. The number of ether oxygens (including phenoxy) is 1. The summed E-state index contributed by atoms with van der Waals surface area (Å²) in [6.07, 6.45) is 5.83. The van der Waals surface area contributed by atoms with E-state index < -0.39 is 0 Å². The van der Waals surface area contributed by atoms with Crippen molar-refractivity contribution in [2.75, 3.05) is 12.4 Å². The summed E-state index contributed by atoms with van der Waals surface area (Å²) >= 11 is 0. The van der Waals surface area contributed by atoms with Crippen LogP contribution in [0.25, 0.3) is 11.0 Å². The number of pyridine rings is 1. The van der Waals surface area contributed by atoms with Crippen molar-refractivity contribution in [3.05, 3.63) is 72.4 Å². The van der Waals surface area contributed by atoms with E-state index in [2.05, 4.69) is 20.5 Å². The molecule has 4 aromatic rings. The summed E-state index contributed by atoms with van der Waals surface area (Å²) in [6, 6.07) is 13.4. The second kappa shape index (κ2) is 6.60. The van der Waals surface area contributed by atoms with Gasteiger partial charge in [0, 0.05) is 24.5 Å². The number of aromatic nitrogens is 3. The number of fused-ring (bicyclic) bond motifs is 1. The molecule has 0 atom stereocenters. The van der Waals surface area contributed by atoms with E-state index in [0.29, 0.717) is 12.2 Å². The van der Waals surface area contributed by atoms with E-state index in [1.807, 2.05) is 42.5 Å². The van der Waals surface area contributed by atoms with Crippen LogP contribution in [-0.4, -0.2) is 22.3 Å². The van der Waals surface area contributed by atoms with E-state index in [9.17, 15) is 0 Å². The summed E-state index contributed by atoms with van der Waals surface area (Å²) in [5.74, 6) is 1.46. The molecule has 1 aromatic carbocycles. The highest BCUT2D eigenvalue weighted by atomic mass is 16.5. The van der Waals surface area contributed by atoms with Crippen molar-refractivity contribution >= 4 is 22.5 Å². The molecule has 6 heteroatoms. The van der Waals surface area contributed by atoms with Crippen molar-refractivity contribution in [3.63, 3.8) is 0 Å². The molecule has 124 valence electrons. The minimum absolute atomic E-state index is 0.641. The second-order valence-corrected chi connectivity index (χ2v) is 5.54. The molecular formula is C19H16N4O2. The van der Waals surface area contributed by atoms with Crippen LogP contribution in [0, 0.1) is 0 Å². The topological polar surface area (TPSA) is 73.1 Å². The van der Waals surface area contributed by atoms with E-state index >= 15 is 0 Å². The van der Waals surface area contributed by atoms with Gasteiger partial charge in [0.1, 0.15) is 11.4 Å². The number of hydrogen-bond acceptors (Lipinski definition) is 6. The maximum Gasteiger partial charge on any atom is 0.164 e. The Kier molecular flexibility index (Phi) is 4.00. The van der Waals surface area contributed by atoms with Gasteiger partial charge in [-0.2, -0.15) is 0 Å². The predicted octanol–water partition coefficient (Wildman–Crippen LogP) is 3.96. The Morgan fingerprint density at radius 3 is 2.56 bits per heavy atom. The average Bonchev–Trinajstić information content (AvgIpc) is 3.16. The van der Waals surface area contributed by atoms with Crippen molar-refractivity contribution < 1.29 is 9.15 Å². The molecule has 0 saturated heterocycles. The van der Waals surface area contributed by atoms with Crippen LogP contribution in [0.1, 0.15) is 11.3 Å². The van der Waals surface area contributed by atoms with Crippen molar-refractivity contribution in [3.8, 4) is 5.75 Å². The van der Waals surface area contributed by atoms with Crippen molar-refractivity contribution in [1.29, 1.82) is 0 Å². The highest BCUT2D eigenvalue weighted by molar-refractivity contribution is 5.91. The third-order valence-corrected chi connectivity index (χ3v) is 3.93. The third kappa shape index (κ3) is 3.14. The second-order valence-electron chi connectivity index (χ2n) is 5.54. The lowest BCUT2D eigenvalue weighted by Gasteiger charge is -2.08. The molecular weight excluding hydrogens is 316 g/mol. The highest BCUT2D eigenvalue weighted by Gasteiger charge is 2.13. The average molecular weight is 332 g/mol. The first-order chi connectivity index (χ1) is 12.3.